The summed E-state index contributed by atoms with van der Waals surface area (Å²) in [5.74, 6) is -0.120. The Morgan fingerprint density at radius 1 is 1.35 bits per heavy atom. The lowest BCUT2D eigenvalue weighted by atomic mass is 10.1. The number of aliphatic hydroxyl groups is 1. The molecule has 1 aromatic heterocycles. The van der Waals surface area contributed by atoms with Gasteiger partial charge in [-0.3, -0.25) is 4.79 Å². The van der Waals surface area contributed by atoms with E-state index in [1.807, 2.05) is 41.9 Å². The monoisotopic (exact) mass is 330 g/mol. The molecular formula is C18H22N2O2S. The molecule has 2 heterocycles. The van der Waals surface area contributed by atoms with E-state index in [1.54, 1.807) is 11.3 Å². The van der Waals surface area contributed by atoms with Crippen molar-refractivity contribution in [3.63, 3.8) is 0 Å². The summed E-state index contributed by atoms with van der Waals surface area (Å²) in [4.78, 5) is 14.9. The van der Waals surface area contributed by atoms with Gasteiger partial charge in [-0.15, -0.1) is 0 Å². The Kier molecular flexibility index (Phi) is 4.98. The predicted octanol–water partition coefficient (Wildman–Crippen LogP) is 3.12. The molecule has 0 spiro atoms. The van der Waals surface area contributed by atoms with Gasteiger partial charge in [0.1, 0.15) is 0 Å². The Morgan fingerprint density at radius 2 is 2.13 bits per heavy atom. The Labute approximate surface area is 140 Å². The number of nitrogens with zero attached hydrogens (tertiary/aromatic N) is 1. The summed E-state index contributed by atoms with van der Waals surface area (Å²) < 4.78 is 0. The molecule has 1 aliphatic rings. The van der Waals surface area contributed by atoms with Crippen LogP contribution in [-0.4, -0.2) is 30.6 Å². The molecule has 1 aromatic carbocycles. The number of carbonyl (C=O) groups is 1. The number of aliphatic hydroxyl groups excluding tert-OH is 1. The molecule has 1 atom stereocenters. The quantitative estimate of drug-likeness (QED) is 0.886. The molecule has 5 heteroatoms. The second-order valence-electron chi connectivity index (χ2n) is 6.00. The van der Waals surface area contributed by atoms with Crippen LogP contribution >= 0.6 is 11.3 Å². The highest BCUT2D eigenvalue weighted by atomic mass is 32.1. The van der Waals surface area contributed by atoms with E-state index in [-0.39, 0.29) is 12.5 Å². The molecule has 2 N–H and O–H groups in total. The van der Waals surface area contributed by atoms with Crippen LogP contribution in [0.15, 0.2) is 35.0 Å². The molecule has 0 radical (unpaired) electrons. The lowest BCUT2D eigenvalue weighted by Gasteiger charge is -2.22. The zero-order valence-corrected chi connectivity index (χ0v) is 14.1. The molecule has 23 heavy (non-hydrogen) atoms. The van der Waals surface area contributed by atoms with Gasteiger partial charge in [-0.05, 0) is 54.3 Å². The number of carbonyl (C=O) groups excluding carboxylic acids is 1. The summed E-state index contributed by atoms with van der Waals surface area (Å²) >= 11 is 1.54. The van der Waals surface area contributed by atoms with Crippen LogP contribution in [0, 0.1) is 6.92 Å². The van der Waals surface area contributed by atoms with Gasteiger partial charge in [-0.1, -0.05) is 11.6 Å². The van der Waals surface area contributed by atoms with E-state index in [4.69, 9.17) is 0 Å². The topological polar surface area (TPSA) is 52.6 Å². The number of benzene rings is 1. The first kappa shape index (κ1) is 16.0. The standard InChI is InChI=1S/C18H22N2O2S/c1-13-4-5-16(20-7-2-3-8-20)15(10-13)18(22)19-11-17(21)14-6-9-23-12-14/h4-6,9-10,12,17,21H,2-3,7-8,11H2,1H3,(H,19,22). The molecule has 0 saturated carbocycles. The predicted molar refractivity (Wildman–Crippen MR) is 94.2 cm³/mol. The van der Waals surface area contributed by atoms with Crippen molar-refractivity contribution in [1.29, 1.82) is 0 Å². The summed E-state index contributed by atoms with van der Waals surface area (Å²) in [6.45, 7) is 4.22. The Hall–Kier alpha value is -1.85. The van der Waals surface area contributed by atoms with E-state index >= 15 is 0 Å². The van der Waals surface area contributed by atoms with Gasteiger partial charge in [0.2, 0.25) is 0 Å². The third-order valence-corrected chi connectivity index (χ3v) is 4.93. The van der Waals surface area contributed by atoms with Gasteiger partial charge in [-0.25, -0.2) is 0 Å². The molecule has 2 aromatic rings. The molecule has 1 fully saturated rings. The lowest BCUT2D eigenvalue weighted by Crippen LogP contribution is -2.30. The van der Waals surface area contributed by atoms with Crippen molar-refractivity contribution in [1.82, 2.24) is 5.32 Å². The van der Waals surface area contributed by atoms with Crippen molar-refractivity contribution in [3.05, 3.63) is 51.7 Å². The van der Waals surface area contributed by atoms with E-state index in [9.17, 15) is 9.90 Å². The van der Waals surface area contributed by atoms with Crippen LogP contribution in [0.2, 0.25) is 0 Å². The van der Waals surface area contributed by atoms with E-state index < -0.39 is 6.10 Å². The van der Waals surface area contributed by atoms with Crippen LogP contribution in [-0.2, 0) is 0 Å². The van der Waals surface area contributed by atoms with Gasteiger partial charge in [0, 0.05) is 25.3 Å². The average Bonchev–Trinajstić information content (AvgIpc) is 3.25. The highest BCUT2D eigenvalue weighted by Gasteiger charge is 2.20. The molecule has 1 aliphatic heterocycles. The summed E-state index contributed by atoms with van der Waals surface area (Å²) in [5, 5.41) is 16.8. The zero-order valence-electron chi connectivity index (χ0n) is 13.3. The fourth-order valence-corrected chi connectivity index (χ4v) is 3.64. The molecule has 1 saturated heterocycles. The van der Waals surface area contributed by atoms with E-state index in [1.165, 1.54) is 12.8 Å². The summed E-state index contributed by atoms with van der Waals surface area (Å²) in [5.41, 5.74) is 3.61. The minimum Gasteiger partial charge on any atom is -0.387 e. The second-order valence-corrected chi connectivity index (χ2v) is 6.78. The summed E-state index contributed by atoms with van der Waals surface area (Å²) in [6.07, 6.45) is 1.68. The van der Waals surface area contributed by atoms with Crippen molar-refractivity contribution in [2.45, 2.75) is 25.9 Å². The third kappa shape index (κ3) is 3.74. The van der Waals surface area contributed by atoms with E-state index in [0.29, 0.717) is 5.56 Å². The first-order chi connectivity index (χ1) is 11.1. The molecule has 3 rings (SSSR count). The smallest absolute Gasteiger partial charge is 0.253 e. The van der Waals surface area contributed by atoms with Gasteiger partial charge >= 0.3 is 0 Å². The normalized spacial score (nSPS) is 15.7. The lowest BCUT2D eigenvalue weighted by molar-refractivity contribution is 0.0917. The Balaban J connectivity index is 1.72. The van der Waals surface area contributed by atoms with Gasteiger partial charge in [0.25, 0.3) is 5.91 Å². The van der Waals surface area contributed by atoms with Crippen LogP contribution in [0.5, 0.6) is 0 Å². The molecule has 0 bridgehead atoms. The molecule has 1 amide bonds. The number of aryl methyl sites for hydroxylation is 1. The number of hydrogen-bond donors (Lipinski definition) is 2. The van der Waals surface area contributed by atoms with Gasteiger partial charge in [0.15, 0.2) is 0 Å². The van der Waals surface area contributed by atoms with Gasteiger partial charge < -0.3 is 15.3 Å². The molecular weight excluding hydrogens is 308 g/mol. The highest BCUT2D eigenvalue weighted by Crippen LogP contribution is 2.26. The summed E-state index contributed by atoms with van der Waals surface area (Å²) in [6, 6.07) is 7.89. The van der Waals surface area contributed by atoms with Crippen LogP contribution in [0.4, 0.5) is 5.69 Å². The fourth-order valence-electron chi connectivity index (χ4n) is 2.93. The Bertz CT molecular complexity index is 664. The highest BCUT2D eigenvalue weighted by molar-refractivity contribution is 7.07. The Morgan fingerprint density at radius 3 is 2.83 bits per heavy atom. The first-order valence-electron chi connectivity index (χ1n) is 7.99. The number of anilines is 1. The molecule has 4 nitrogen and oxygen atoms in total. The molecule has 0 aliphatic carbocycles. The van der Waals surface area contributed by atoms with E-state index in [0.717, 1.165) is 29.9 Å². The average molecular weight is 330 g/mol. The fraction of sp³-hybridized carbons (Fsp3) is 0.389. The first-order valence-corrected chi connectivity index (χ1v) is 8.93. The number of hydrogen-bond acceptors (Lipinski definition) is 4. The van der Waals surface area contributed by atoms with Crippen LogP contribution in [0.25, 0.3) is 0 Å². The number of rotatable bonds is 5. The van der Waals surface area contributed by atoms with Crippen LogP contribution in [0.1, 0.15) is 40.4 Å². The minimum absolute atomic E-state index is 0.120. The van der Waals surface area contributed by atoms with Gasteiger partial charge in [-0.2, -0.15) is 11.3 Å². The van der Waals surface area contributed by atoms with E-state index in [2.05, 4.69) is 10.2 Å². The van der Waals surface area contributed by atoms with Crippen LogP contribution in [0.3, 0.4) is 0 Å². The zero-order chi connectivity index (χ0) is 16.2. The second kappa shape index (κ2) is 7.15. The third-order valence-electron chi connectivity index (χ3n) is 4.23. The van der Waals surface area contributed by atoms with Crippen molar-refractivity contribution < 1.29 is 9.90 Å². The maximum absolute atomic E-state index is 12.6. The van der Waals surface area contributed by atoms with Crippen LogP contribution < -0.4 is 10.2 Å². The summed E-state index contributed by atoms with van der Waals surface area (Å²) in [7, 11) is 0. The van der Waals surface area contributed by atoms with Crippen molar-refractivity contribution in [2.75, 3.05) is 24.5 Å². The van der Waals surface area contributed by atoms with Crippen molar-refractivity contribution in [2.24, 2.45) is 0 Å². The van der Waals surface area contributed by atoms with Crippen molar-refractivity contribution in [3.8, 4) is 0 Å². The maximum Gasteiger partial charge on any atom is 0.253 e. The molecule has 122 valence electrons. The number of nitrogens with one attached hydrogen (secondary N) is 1. The van der Waals surface area contributed by atoms with Gasteiger partial charge in [0.05, 0.1) is 11.7 Å². The SMILES string of the molecule is Cc1ccc(N2CCCC2)c(C(=O)NCC(O)c2ccsc2)c1. The van der Waals surface area contributed by atoms with Crippen molar-refractivity contribution >= 4 is 22.9 Å². The minimum atomic E-state index is -0.662. The number of thiophene rings is 1. The largest absolute Gasteiger partial charge is 0.387 e. The molecule has 1 unspecified atom stereocenters. The number of amides is 1. The maximum atomic E-state index is 12.6.